The molecule has 0 aliphatic carbocycles. The fourth-order valence-corrected chi connectivity index (χ4v) is 1.83. The number of aromatic nitrogens is 2. The van der Waals surface area contributed by atoms with Gasteiger partial charge in [0.1, 0.15) is 12.4 Å². The Labute approximate surface area is 107 Å². The predicted molar refractivity (Wildman–Crippen MR) is 69.4 cm³/mol. The molecule has 0 radical (unpaired) electrons. The lowest BCUT2D eigenvalue weighted by atomic mass is 10.1. The van der Waals surface area contributed by atoms with Crippen LogP contribution in [0.5, 0.6) is 5.75 Å². The van der Waals surface area contributed by atoms with Gasteiger partial charge < -0.3 is 9.84 Å². The van der Waals surface area contributed by atoms with Gasteiger partial charge in [0, 0.05) is 24.4 Å². The smallest absolute Gasteiger partial charge is 0.125 e. The average Bonchev–Trinajstić information content (AvgIpc) is 2.73. The van der Waals surface area contributed by atoms with Gasteiger partial charge in [0.2, 0.25) is 0 Å². The summed E-state index contributed by atoms with van der Waals surface area (Å²) in [5.74, 6) is 0.722. The molecule has 2 aromatic rings. The number of nitrogens with zero attached hydrogens (tertiary/aromatic N) is 2. The molecule has 0 amide bonds. The third-order valence-electron chi connectivity index (χ3n) is 2.77. The van der Waals surface area contributed by atoms with Crippen LogP contribution in [0.2, 0.25) is 0 Å². The topological polar surface area (TPSA) is 47.3 Å². The molecular formula is C14H18N2O2. The lowest BCUT2D eigenvalue weighted by molar-refractivity contribution is 0.190. The second-order valence-electron chi connectivity index (χ2n) is 4.53. The number of hydrogen-bond donors (Lipinski definition) is 1. The van der Waals surface area contributed by atoms with Crippen molar-refractivity contribution in [2.75, 3.05) is 0 Å². The summed E-state index contributed by atoms with van der Waals surface area (Å²) < 4.78 is 7.48. The van der Waals surface area contributed by atoms with Crippen LogP contribution >= 0.6 is 0 Å². The molecule has 0 fully saturated rings. The number of ether oxygens (including phenoxy) is 1. The largest absolute Gasteiger partial charge is 0.488 e. The number of rotatable bonds is 4. The first-order chi connectivity index (χ1) is 8.56. The quantitative estimate of drug-likeness (QED) is 0.900. The van der Waals surface area contributed by atoms with Gasteiger partial charge in [-0.3, -0.25) is 4.68 Å². The third kappa shape index (κ3) is 2.90. The van der Waals surface area contributed by atoms with E-state index in [2.05, 4.69) is 5.10 Å². The molecule has 1 N–H and O–H groups in total. The van der Waals surface area contributed by atoms with Gasteiger partial charge in [-0.25, -0.2) is 0 Å². The van der Waals surface area contributed by atoms with Gasteiger partial charge in [-0.1, -0.05) is 11.6 Å². The highest BCUT2D eigenvalue weighted by molar-refractivity contribution is 5.38. The summed E-state index contributed by atoms with van der Waals surface area (Å²) in [7, 11) is 1.87. The van der Waals surface area contributed by atoms with Crippen LogP contribution in [0.1, 0.15) is 29.7 Å². The second-order valence-corrected chi connectivity index (χ2v) is 4.53. The van der Waals surface area contributed by atoms with Gasteiger partial charge in [-0.05, 0) is 26.0 Å². The maximum absolute atomic E-state index is 9.73. The van der Waals surface area contributed by atoms with Crippen molar-refractivity contribution in [2.45, 2.75) is 26.6 Å². The minimum Gasteiger partial charge on any atom is -0.488 e. The zero-order valence-electron chi connectivity index (χ0n) is 10.9. The van der Waals surface area contributed by atoms with E-state index in [1.54, 1.807) is 17.8 Å². The van der Waals surface area contributed by atoms with E-state index in [0.717, 1.165) is 22.4 Å². The first-order valence-corrected chi connectivity index (χ1v) is 5.95. The Hall–Kier alpha value is -1.81. The monoisotopic (exact) mass is 246 g/mol. The fourth-order valence-electron chi connectivity index (χ4n) is 1.83. The summed E-state index contributed by atoms with van der Waals surface area (Å²) in [5.41, 5.74) is 2.94. The van der Waals surface area contributed by atoms with E-state index in [9.17, 15) is 5.11 Å². The fraction of sp³-hybridized carbons (Fsp3) is 0.357. The number of aliphatic hydroxyl groups is 1. The molecule has 0 spiro atoms. The molecule has 4 heteroatoms. The Morgan fingerprint density at radius 3 is 2.83 bits per heavy atom. The van der Waals surface area contributed by atoms with Gasteiger partial charge in [0.25, 0.3) is 0 Å². The summed E-state index contributed by atoms with van der Waals surface area (Å²) in [5, 5.41) is 13.8. The number of hydrogen-bond acceptors (Lipinski definition) is 3. The summed E-state index contributed by atoms with van der Waals surface area (Å²) in [6.45, 7) is 4.19. The zero-order valence-corrected chi connectivity index (χ0v) is 10.9. The summed E-state index contributed by atoms with van der Waals surface area (Å²) >= 11 is 0. The number of aryl methyl sites for hydroxylation is 2. The van der Waals surface area contributed by atoms with Crippen molar-refractivity contribution in [2.24, 2.45) is 7.05 Å². The van der Waals surface area contributed by atoms with Crippen LogP contribution in [-0.4, -0.2) is 14.9 Å². The van der Waals surface area contributed by atoms with E-state index in [1.165, 1.54) is 0 Å². The maximum Gasteiger partial charge on any atom is 0.125 e. The molecule has 0 saturated carbocycles. The molecule has 0 bridgehead atoms. The minimum atomic E-state index is -0.534. The predicted octanol–water partition coefficient (Wildman–Crippen LogP) is 2.36. The maximum atomic E-state index is 9.73. The van der Waals surface area contributed by atoms with Crippen LogP contribution in [0.25, 0.3) is 0 Å². The van der Waals surface area contributed by atoms with Gasteiger partial charge in [-0.15, -0.1) is 0 Å². The lowest BCUT2D eigenvalue weighted by Gasteiger charge is -2.13. The van der Waals surface area contributed by atoms with E-state index in [4.69, 9.17) is 4.74 Å². The van der Waals surface area contributed by atoms with E-state index < -0.39 is 6.10 Å². The molecule has 1 aromatic carbocycles. The molecular weight excluding hydrogens is 228 g/mol. The van der Waals surface area contributed by atoms with Crippen LogP contribution < -0.4 is 4.74 Å². The van der Waals surface area contributed by atoms with Gasteiger partial charge in [0.05, 0.1) is 12.3 Å². The van der Waals surface area contributed by atoms with Crippen molar-refractivity contribution in [1.29, 1.82) is 0 Å². The van der Waals surface area contributed by atoms with Crippen LogP contribution in [-0.2, 0) is 13.7 Å². The Bertz CT molecular complexity index is 532. The molecule has 1 heterocycles. The van der Waals surface area contributed by atoms with E-state index in [0.29, 0.717) is 6.61 Å². The van der Waals surface area contributed by atoms with Crippen molar-refractivity contribution in [3.63, 3.8) is 0 Å². The molecule has 0 unspecified atom stereocenters. The molecule has 2 rings (SSSR count). The van der Waals surface area contributed by atoms with Crippen molar-refractivity contribution in [1.82, 2.24) is 9.78 Å². The van der Waals surface area contributed by atoms with Crippen molar-refractivity contribution in [3.8, 4) is 5.75 Å². The van der Waals surface area contributed by atoms with Crippen molar-refractivity contribution >= 4 is 0 Å². The number of benzene rings is 1. The molecule has 1 atom stereocenters. The normalized spacial score (nSPS) is 12.4. The molecule has 4 nitrogen and oxygen atoms in total. The van der Waals surface area contributed by atoms with Gasteiger partial charge >= 0.3 is 0 Å². The Balaban J connectivity index is 2.13. The Kier molecular flexibility index (Phi) is 3.67. The van der Waals surface area contributed by atoms with Crippen molar-refractivity contribution in [3.05, 3.63) is 47.3 Å². The highest BCUT2D eigenvalue weighted by atomic mass is 16.5. The molecule has 0 aliphatic heterocycles. The lowest BCUT2D eigenvalue weighted by Crippen LogP contribution is -2.01. The third-order valence-corrected chi connectivity index (χ3v) is 2.77. The van der Waals surface area contributed by atoms with Crippen LogP contribution in [0.15, 0.2) is 30.6 Å². The average molecular weight is 246 g/mol. The molecule has 0 aliphatic rings. The molecule has 18 heavy (non-hydrogen) atoms. The first-order valence-electron chi connectivity index (χ1n) is 5.95. The number of aliphatic hydroxyl groups excluding tert-OH is 1. The Morgan fingerprint density at radius 1 is 1.44 bits per heavy atom. The van der Waals surface area contributed by atoms with Gasteiger partial charge in [-0.2, -0.15) is 5.10 Å². The van der Waals surface area contributed by atoms with Crippen molar-refractivity contribution < 1.29 is 9.84 Å². The van der Waals surface area contributed by atoms with Crippen LogP contribution in [0, 0.1) is 6.92 Å². The highest BCUT2D eigenvalue weighted by Crippen LogP contribution is 2.26. The molecule has 96 valence electrons. The Morgan fingerprint density at radius 2 is 2.22 bits per heavy atom. The summed E-state index contributed by atoms with van der Waals surface area (Å²) in [6, 6.07) is 5.82. The highest BCUT2D eigenvalue weighted by Gasteiger charge is 2.09. The second kappa shape index (κ2) is 5.23. The van der Waals surface area contributed by atoms with E-state index in [-0.39, 0.29) is 0 Å². The molecule has 0 saturated heterocycles. The SMILES string of the molecule is Cc1ccc(OCc2cnn(C)c2)c([C@H](C)O)c1. The minimum absolute atomic E-state index is 0.455. The van der Waals surface area contributed by atoms with Gasteiger partial charge in [0.15, 0.2) is 0 Å². The van der Waals surface area contributed by atoms with Crippen LogP contribution in [0.4, 0.5) is 0 Å². The van der Waals surface area contributed by atoms with Crippen LogP contribution in [0.3, 0.4) is 0 Å². The van der Waals surface area contributed by atoms with E-state index in [1.807, 2.05) is 38.4 Å². The van der Waals surface area contributed by atoms with E-state index >= 15 is 0 Å². The first kappa shape index (κ1) is 12.6. The zero-order chi connectivity index (χ0) is 13.1. The summed E-state index contributed by atoms with van der Waals surface area (Å²) in [6.07, 6.45) is 3.15. The standard InChI is InChI=1S/C14H18N2O2/c1-10-4-5-14(13(6-10)11(2)17)18-9-12-7-15-16(3)8-12/h4-8,11,17H,9H2,1-3H3/t11-/m0/s1. The molecule has 1 aromatic heterocycles. The summed E-state index contributed by atoms with van der Waals surface area (Å²) in [4.78, 5) is 0.